The summed E-state index contributed by atoms with van der Waals surface area (Å²) in [5, 5.41) is 0. The van der Waals surface area contributed by atoms with Crippen molar-refractivity contribution in [2.24, 2.45) is 0 Å². The Bertz CT molecular complexity index is 504. The summed E-state index contributed by atoms with van der Waals surface area (Å²) in [6, 6.07) is 12.6. The minimum Gasteiger partial charge on any atom is -0.398 e. The van der Waals surface area contributed by atoms with Gasteiger partial charge >= 0.3 is 0 Å². The number of aryl methyl sites for hydroxylation is 2. The van der Waals surface area contributed by atoms with E-state index in [4.69, 9.17) is 5.73 Å². The maximum absolute atomic E-state index is 6.01. The van der Waals surface area contributed by atoms with Crippen LogP contribution in [0.5, 0.6) is 0 Å². The van der Waals surface area contributed by atoms with Gasteiger partial charge in [-0.2, -0.15) is 0 Å². The third kappa shape index (κ3) is 1.81. The normalized spacial score (nSPS) is 10.4. The van der Waals surface area contributed by atoms with Crippen LogP contribution in [0, 0.1) is 20.8 Å². The number of anilines is 1. The van der Waals surface area contributed by atoms with E-state index in [-0.39, 0.29) is 0 Å². The van der Waals surface area contributed by atoms with E-state index in [9.17, 15) is 0 Å². The standard InChI is InChI=1S/C15H17N/c1-10-6-4-5-7-14(10)13-8-11(2)12(3)15(16)9-13/h4-9H,16H2,1-3H3. The molecule has 2 aromatic rings. The lowest BCUT2D eigenvalue weighted by Crippen LogP contribution is -1.94. The maximum Gasteiger partial charge on any atom is 0.0352 e. The Morgan fingerprint density at radius 3 is 2.19 bits per heavy atom. The Kier molecular flexibility index (Phi) is 2.69. The summed E-state index contributed by atoms with van der Waals surface area (Å²) in [5.41, 5.74) is 13.1. The van der Waals surface area contributed by atoms with Gasteiger partial charge in [-0.1, -0.05) is 30.3 Å². The Balaban J connectivity index is 2.62. The lowest BCUT2D eigenvalue weighted by molar-refractivity contribution is 1.34. The van der Waals surface area contributed by atoms with Crippen LogP contribution >= 0.6 is 0 Å². The van der Waals surface area contributed by atoms with Gasteiger partial charge in [0.05, 0.1) is 0 Å². The zero-order chi connectivity index (χ0) is 11.7. The van der Waals surface area contributed by atoms with Crippen molar-refractivity contribution >= 4 is 5.69 Å². The van der Waals surface area contributed by atoms with Crippen molar-refractivity contribution in [3.05, 3.63) is 53.1 Å². The molecular weight excluding hydrogens is 194 g/mol. The molecule has 0 saturated carbocycles. The van der Waals surface area contributed by atoms with Gasteiger partial charge in [-0.3, -0.25) is 0 Å². The minimum absolute atomic E-state index is 0.873. The van der Waals surface area contributed by atoms with Gasteiger partial charge in [-0.05, 0) is 54.7 Å². The number of hydrogen-bond acceptors (Lipinski definition) is 1. The molecule has 0 aromatic heterocycles. The van der Waals surface area contributed by atoms with Crippen molar-refractivity contribution in [2.75, 3.05) is 5.73 Å². The molecule has 0 spiro atoms. The third-order valence-corrected chi connectivity index (χ3v) is 3.16. The van der Waals surface area contributed by atoms with E-state index in [1.165, 1.54) is 27.8 Å². The smallest absolute Gasteiger partial charge is 0.0352 e. The van der Waals surface area contributed by atoms with Gasteiger partial charge in [0.25, 0.3) is 0 Å². The summed E-state index contributed by atoms with van der Waals surface area (Å²) in [4.78, 5) is 0. The van der Waals surface area contributed by atoms with Crippen LogP contribution in [0.3, 0.4) is 0 Å². The topological polar surface area (TPSA) is 26.0 Å². The second kappa shape index (κ2) is 4.01. The summed E-state index contributed by atoms with van der Waals surface area (Å²) in [5.74, 6) is 0. The van der Waals surface area contributed by atoms with Crippen molar-refractivity contribution in [1.82, 2.24) is 0 Å². The number of rotatable bonds is 1. The quantitative estimate of drug-likeness (QED) is 0.712. The van der Waals surface area contributed by atoms with Gasteiger partial charge in [0.2, 0.25) is 0 Å². The Morgan fingerprint density at radius 1 is 0.875 bits per heavy atom. The van der Waals surface area contributed by atoms with Crippen molar-refractivity contribution in [1.29, 1.82) is 0 Å². The van der Waals surface area contributed by atoms with Crippen molar-refractivity contribution < 1.29 is 0 Å². The predicted octanol–water partition coefficient (Wildman–Crippen LogP) is 3.86. The highest BCUT2D eigenvalue weighted by Gasteiger charge is 2.05. The molecule has 0 bridgehead atoms. The van der Waals surface area contributed by atoms with Crippen LogP contribution in [0.1, 0.15) is 16.7 Å². The number of nitrogen functional groups attached to an aromatic ring is 1. The summed E-state index contributed by atoms with van der Waals surface area (Å²) in [6.07, 6.45) is 0. The van der Waals surface area contributed by atoms with Crippen molar-refractivity contribution in [3.8, 4) is 11.1 Å². The zero-order valence-electron chi connectivity index (χ0n) is 10.0. The van der Waals surface area contributed by atoms with Crippen molar-refractivity contribution in [3.63, 3.8) is 0 Å². The number of benzene rings is 2. The number of hydrogen-bond donors (Lipinski definition) is 1. The second-order valence-electron chi connectivity index (χ2n) is 4.32. The van der Waals surface area contributed by atoms with Crippen LogP contribution in [0.25, 0.3) is 11.1 Å². The average Bonchev–Trinajstić information content (AvgIpc) is 2.26. The average molecular weight is 211 g/mol. The highest BCUT2D eigenvalue weighted by Crippen LogP contribution is 2.28. The highest BCUT2D eigenvalue weighted by molar-refractivity contribution is 5.72. The first-order valence-electron chi connectivity index (χ1n) is 5.52. The first-order valence-corrected chi connectivity index (χ1v) is 5.52. The van der Waals surface area contributed by atoms with E-state index in [2.05, 4.69) is 57.2 Å². The largest absolute Gasteiger partial charge is 0.398 e. The molecule has 0 aliphatic heterocycles. The van der Waals surface area contributed by atoms with Gasteiger partial charge < -0.3 is 5.73 Å². The van der Waals surface area contributed by atoms with Gasteiger partial charge in [0.1, 0.15) is 0 Å². The number of nitrogens with two attached hydrogens (primary N) is 1. The van der Waals surface area contributed by atoms with Gasteiger partial charge in [0.15, 0.2) is 0 Å². The summed E-state index contributed by atoms with van der Waals surface area (Å²) in [7, 11) is 0. The van der Waals surface area contributed by atoms with E-state index < -0.39 is 0 Å². The van der Waals surface area contributed by atoms with E-state index >= 15 is 0 Å². The Hall–Kier alpha value is -1.76. The molecule has 16 heavy (non-hydrogen) atoms. The Morgan fingerprint density at radius 2 is 1.56 bits per heavy atom. The Labute approximate surface area is 96.9 Å². The lowest BCUT2D eigenvalue weighted by Gasteiger charge is -2.11. The van der Waals surface area contributed by atoms with Crippen molar-refractivity contribution in [2.45, 2.75) is 20.8 Å². The fourth-order valence-electron chi connectivity index (χ4n) is 1.94. The molecule has 2 aromatic carbocycles. The van der Waals surface area contributed by atoms with Gasteiger partial charge in [-0.15, -0.1) is 0 Å². The molecule has 0 amide bonds. The van der Waals surface area contributed by atoms with Crippen LogP contribution in [0.2, 0.25) is 0 Å². The lowest BCUT2D eigenvalue weighted by atomic mass is 9.96. The molecule has 82 valence electrons. The van der Waals surface area contributed by atoms with Crippen LogP contribution in [-0.4, -0.2) is 0 Å². The SMILES string of the molecule is Cc1ccccc1-c1cc(C)c(C)c(N)c1. The molecule has 0 saturated heterocycles. The van der Waals surface area contributed by atoms with Crippen LogP contribution in [0.4, 0.5) is 5.69 Å². The molecule has 0 heterocycles. The molecule has 2 N–H and O–H groups in total. The molecule has 1 nitrogen and oxygen atoms in total. The molecule has 0 radical (unpaired) electrons. The monoisotopic (exact) mass is 211 g/mol. The zero-order valence-corrected chi connectivity index (χ0v) is 10.0. The van der Waals surface area contributed by atoms with Gasteiger partial charge in [-0.25, -0.2) is 0 Å². The minimum atomic E-state index is 0.873. The molecule has 0 fully saturated rings. The van der Waals surface area contributed by atoms with Crippen LogP contribution in [0.15, 0.2) is 36.4 Å². The second-order valence-corrected chi connectivity index (χ2v) is 4.32. The summed E-state index contributed by atoms with van der Waals surface area (Å²) < 4.78 is 0. The van der Waals surface area contributed by atoms with E-state index in [1.54, 1.807) is 0 Å². The van der Waals surface area contributed by atoms with E-state index in [1.807, 2.05) is 0 Å². The first-order chi connectivity index (χ1) is 7.59. The van der Waals surface area contributed by atoms with E-state index in [0.29, 0.717) is 0 Å². The fraction of sp³-hybridized carbons (Fsp3) is 0.200. The third-order valence-electron chi connectivity index (χ3n) is 3.16. The molecule has 0 unspecified atom stereocenters. The van der Waals surface area contributed by atoms with Gasteiger partial charge in [0, 0.05) is 5.69 Å². The molecular formula is C15H17N. The molecule has 0 aliphatic carbocycles. The van der Waals surface area contributed by atoms with Crippen LogP contribution in [-0.2, 0) is 0 Å². The molecule has 0 atom stereocenters. The summed E-state index contributed by atoms with van der Waals surface area (Å²) in [6.45, 7) is 6.29. The fourth-order valence-corrected chi connectivity index (χ4v) is 1.94. The molecule has 1 heteroatoms. The van der Waals surface area contributed by atoms with E-state index in [0.717, 1.165) is 5.69 Å². The maximum atomic E-state index is 6.01. The van der Waals surface area contributed by atoms with Crippen LogP contribution < -0.4 is 5.73 Å². The molecule has 2 rings (SSSR count). The molecule has 0 aliphatic rings. The summed E-state index contributed by atoms with van der Waals surface area (Å²) >= 11 is 0. The highest BCUT2D eigenvalue weighted by atomic mass is 14.6. The predicted molar refractivity (Wildman–Crippen MR) is 70.5 cm³/mol. The first kappa shape index (κ1) is 10.7.